The molecule has 1 aliphatic rings. The van der Waals surface area contributed by atoms with Crippen LogP contribution in [-0.4, -0.2) is 61.2 Å². The Kier molecular flexibility index (Phi) is 8.07. The maximum atomic E-state index is 15.1. The number of carbonyl (C=O) groups is 1. The van der Waals surface area contributed by atoms with Gasteiger partial charge in [-0.2, -0.15) is 0 Å². The van der Waals surface area contributed by atoms with Crippen molar-refractivity contribution in [1.82, 2.24) is 14.4 Å². The van der Waals surface area contributed by atoms with Crippen LogP contribution in [0.15, 0.2) is 57.3 Å². The molecule has 2 unspecified atom stereocenters. The number of ether oxygens (including phenoxy) is 1. The zero-order chi connectivity index (χ0) is 25.8. The smallest absolute Gasteiger partial charge is 0.330 e. The van der Waals surface area contributed by atoms with Crippen LogP contribution in [0.2, 0.25) is 0 Å². The summed E-state index contributed by atoms with van der Waals surface area (Å²) < 4.78 is 39.1. The summed E-state index contributed by atoms with van der Waals surface area (Å²) in [4.78, 5) is 45.1. The summed E-state index contributed by atoms with van der Waals surface area (Å²) in [6.45, 7) is 0.107. The normalized spacial score (nSPS) is 25.5. The van der Waals surface area contributed by atoms with Gasteiger partial charge in [-0.05, 0) is 24.6 Å². The van der Waals surface area contributed by atoms with Crippen LogP contribution in [0.5, 0.6) is 5.75 Å². The summed E-state index contributed by atoms with van der Waals surface area (Å²) in [7, 11) is -3.59. The number of halogens is 1. The van der Waals surface area contributed by atoms with E-state index in [1.54, 1.807) is 18.2 Å². The van der Waals surface area contributed by atoms with Gasteiger partial charge in [-0.25, -0.2) is 9.18 Å². The molecule has 0 radical (unpaired) electrons. The summed E-state index contributed by atoms with van der Waals surface area (Å²) in [5.74, 6) is -1.29. The van der Waals surface area contributed by atoms with E-state index < -0.39 is 62.3 Å². The molecular formula is C18H20FN6O9P. The van der Waals surface area contributed by atoms with Crippen LogP contribution in [0.25, 0.3) is 10.4 Å². The molecule has 2 aromatic rings. The van der Waals surface area contributed by atoms with Crippen LogP contribution in [-0.2, 0) is 18.6 Å². The molecule has 188 valence electrons. The standard InChI is InChI=1S/C18H20FN6O9P/c1-10(16(28)29)25(34-11-5-3-2-4-6-11)35(31)32-9-18(22-23-20)14(19)13(27)15(33-18)24-8-7-12(26)21-17(24)30/h2-8,10,13-15,27,35H,9H2,1H3,(H,28,29)(H,21,26,30)/t10?,13-,14+,15-,18-/m1/s1. The van der Waals surface area contributed by atoms with Crippen LogP contribution in [0.3, 0.4) is 0 Å². The van der Waals surface area contributed by atoms with E-state index in [4.69, 9.17) is 19.6 Å². The third kappa shape index (κ3) is 5.59. The first-order chi connectivity index (χ1) is 16.6. The number of hydrogen-bond donors (Lipinski definition) is 3. The number of aromatic nitrogens is 2. The van der Waals surface area contributed by atoms with E-state index in [1.807, 2.05) is 4.98 Å². The highest BCUT2D eigenvalue weighted by Crippen LogP contribution is 2.43. The number of nitrogens with zero attached hydrogens (tertiary/aromatic N) is 5. The van der Waals surface area contributed by atoms with Gasteiger partial charge in [0.25, 0.3) is 13.7 Å². The fourth-order valence-corrected chi connectivity index (χ4v) is 4.16. The van der Waals surface area contributed by atoms with Crippen molar-refractivity contribution >= 4 is 14.1 Å². The summed E-state index contributed by atoms with van der Waals surface area (Å²) in [6, 6.07) is 7.16. The highest BCUT2D eigenvalue weighted by atomic mass is 31.1. The van der Waals surface area contributed by atoms with Crippen molar-refractivity contribution in [3.8, 4) is 5.75 Å². The quantitative estimate of drug-likeness (QED) is 0.134. The Bertz CT molecular complexity index is 1250. The number of nitrogens with one attached hydrogen (secondary N) is 1. The summed E-state index contributed by atoms with van der Waals surface area (Å²) in [6.07, 6.45) is -5.36. The fraction of sp³-hybridized carbons (Fsp3) is 0.389. The highest BCUT2D eigenvalue weighted by Gasteiger charge is 2.57. The van der Waals surface area contributed by atoms with E-state index in [2.05, 4.69) is 10.0 Å². The number of alkyl halides is 1. The maximum Gasteiger partial charge on any atom is 0.330 e. The third-order valence-electron chi connectivity index (χ3n) is 4.93. The number of hydrogen-bond acceptors (Lipinski definition) is 9. The van der Waals surface area contributed by atoms with E-state index in [1.165, 1.54) is 12.1 Å². The first-order valence-electron chi connectivity index (χ1n) is 9.89. The molecule has 0 aliphatic carbocycles. The fourth-order valence-electron chi connectivity index (χ4n) is 3.10. The molecule has 15 nitrogen and oxygen atoms in total. The molecule has 3 rings (SSSR count). The number of H-pyrrole nitrogens is 1. The van der Waals surface area contributed by atoms with Gasteiger partial charge in [0.15, 0.2) is 12.4 Å². The minimum absolute atomic E-state index is 0.126. The largest absolute Gasteiger partial charge is 0.480 e. The van der Waals surface area contributed by atoms with E-state index in [0.29, 0.717) is 9.40 Å². The number of aromatic amines is 1. The first kappa shape index (κ1) is 26.1. The predicted octanol–water partition coefficient (Wildman–Crippen LogP) is 0.946. The minimum Gasteiger partial charge on any atom is -0.480 e. The van der Waals surface area contributed by atoms with E-state index in [-0.39, 0.29) is 5.75 Å². The number of carboxylic acids is 1. The number of rotatable bonds is 10. The minimum atomic E-state index is -3.59. The summed E-state index contributed by atoms with van der Waals surface area (Å²) in [5.41, 5.74) is 4.55. The topological polar surface area (TPSA) is 209 Å². The molecular weight excluding hydrogens is 494 g/mol. The van der Waals surface area contributed by atoms with Crippen molar-refractivity contribution in [3.05, 3.63) is 73.9 Å². The number of aliphatic carboxylic acids is 1. The van der Waals surface area contributed by atoms with Gasteiger partial charge >= 0.3 is 11.7 Å². The van der Waals surface area contributed by atoms with Gasteiger partial charge in [0, 0.05) is 17.2 Å². The number of benzene rings is 1. The van der Waals surface area contributed by atoms with Gasteiger partial charge in [-0.1, -0.05) is 28.1 Å². The molecule has 1 fully saturated rings. The van der Waals surface area contributed by atoms with E-state index in [9.17, 15) is 29.2 Å². The van der Waals surface area contributed by atoms with E-state index in [0.717, 1.165) is 19.2 Å². The lowest BCUT2D eigenvalue weighted by Crippen LogP contribution is -2.43. The van der Waals surface area contributed by atoms with Crippen molar-refractivity contribution in [2.24, 2.45) is 5.11 Å². The van der Waals surface area contributed by atoms with Gasteiger partial charge in [-0.3, -0.25) is 23.7 Å². The van der Waals surface area contributed by atoms with Crippen LogP contribution in [0.4, 0.5) is 4.39 Å². The van der Waals surface area contributed by atoms with Crippen LogP contribution in [0.1, 0.15) is 13.2 Å². The lowest BCUT2D eigenvalue weighted by Gasteiger charge is -2.28. The highest BCUT2D eigenvalue weighted by molar-refractivity contribution is 7.36. The average Bonchev–Trinajstić information content (AvgIpc) is 3.07. The van der Waals surface area contributed by atoms with Crippen molar-refractivity contribution in [3.63, 3.8) is 0 Å². The Labute approximate surface area is 195 Å². The summed E-state index contributed by atoms with van der Waals surface area (Å²) >= 11 is 0. The predicted molar refractivity (Wildman–Crippen MR) is 115 cm³/mol. The molecule has 6 atom stereocenters. The number of aliphatic hydroxyl groups excluding tert-OH is 1. The Morgan fingerprint density at radius 1 is 1.43 bits per heavy atom. The Morgan fingerprint density at radius 3 is 2.71 bits per heavy atom. The number of para-hydroxylation sites is 1. The zero-order valence-corrected chi connectivity index (χ0v) is 18.9. The second-order valence-electron chi connectivity index (χ2n) is 7.25. The third-order valence-corrected chi connectivity index (χ3v) is 6.16. The number of carboxylic acid groups (broad SMARTS) is 1. The monoisotopic (exact) mass is 514 g/mol. The Balaban J connectivity index is 1.85. The van der Waals surface area contributed by atoms with Gasteiger partial charge in [0.05, 0.1) is 6.61 Å². The second-order valence-corrected chi connectivity index (χ2v) is 8.51. The second kappa shape index (κ2) is 10.8. The lowest BCUT2D eigenvalue weighted by molar-refractivity contribution is -0.149. The van der Waals surface area contributed by atoms with E-state index >= 15 is 4.39 Å². The maximum absolute atomic E-state index is 15.1. The van der Waals surface area contributed by atoms with Gasteiger partial charge < -0.3 is 24.3 Å². The molecule has 3 N–H and O–H groups in total. The number of hydroxylamine groups is 1. The van der Waals surface area contributed by atoms with Crippen molar-refractivity contribution < 1.29 is 38.1 Å². The van der Waals surface area contributed by atoms with Crippen LogP contribution >= 0.6 is 8.18 Å². The van der Waals surface area contributed by atoms with Gasteiger partial charge in [0.1, 0.15) is 17.9 Å². The molecule has 1 aromatic carbocycles. The Hall–Kier alpha value is -3.52. The van der Waals surface area contributed by atoms with Gasteiger partial charge in [-0.15, -0.1) is 0 Å². The zero-order valence-electron chi connectivity index (χ0n) is 17.9. The SMILES string of the molecule is CC(C(=O)O)N(Oc1ccccc1)[PH](=O)OC[C@@]1(N=[N+]=[N-])O[C@@H](n2ccc(=O)[nH]c2=O)[C@H](O)[C@@H]1F. The van der Waals surface area contributed by atoms with Crippen LogP contribution < -0.4 is 16.1 Å². The van der Waals surface area contributed by atoms with Gasteiger partial charge in [0.2, 0.25) is 5.72 Å². The average molecular weight is 514 g/mol. The molecule has 35 heavy (non-hydrogen) atoms. The van der Waals surface area contributed by atoms with Crippen molar-refractivity contribution in [1.29, 1.82) is 0 Å². The molecule has 1 aliphatic heterocycles. The number of aliphatic hydroxyl groups is 1. The van der Waals surface area contributed by atoms with Crippen molar-refractivity contribution in [2.75, 3.05) is 6.61 Å². The number of azide groups is 1. The molecule has 0 amide bonds. The molecule has 0 spiro atoms. The molecule has 0 bridgehead atoms. The first-order valence-corrected chi connectivity index (χ1v) is 11.2. The molecule has 0 saturated carbocycles. The lowest BCUT2D eigenvalue weighted by atomic mass is 10.1. The Morgan fingerprint density at radius 2 is 2.11 bits per heavy atom. The molecule has 17 heteroatoms. The van der Waals surface area contributed by atoms with Crippen molar-refractivity contribution in [2.45, 2.75) is 37.2 Å². The molecule has 1 aromatic heterocycles. The molecule has 2 heterocycles. The summed E-state index contributed by atoms with van der Waals surface area (Å²) in [5, 5.41) is 22.9. The molecule has 1 saturated heterocycles. The van der Waals surface area contributed by atoms with Crippen LogP contribution in [0, 0.1) is 0 Å².